The Balaban J connectivity index is 0.00000289. The Morgan fingerprint density at radius 2 is 1.94 bits per heavy atom. The minimum absolute atomic E-state index is 0. The molecule has 4 nitrogen and oxygen atoms in total. The van der Waals surface area contributed by atoms with Crippen LogP contribution in [0.3, 0.4) is 0 Å². The monoisotopic (exact) mass is 262 g/mol. The molecule has 1 aromatic rings. The zero-order valence-electron chi connectivity index (χ0n) is 9.87. The summed E-state index contributed by atoms with van der Waals surface area (Å²) in [5, 5.41) is 17.9. The van der Waals surface area contributed by atoms with Crippen molar-refractivity contribution in [2.24, 2.45) is 0 Å². The summed E-state index contributed by atoms with van der Waals surface area (Å²) in [5.74, 6) is 0.0253. The van der Waals surface area contributed by atoms with Gasteiger partial charge in [0.15, 0.2) is 0 Å². The number of hydrogen-bond acceptors (Lipinski definition) is 4. The van der Waals surface area contributed by atoms with Crippen molar-refractivity contribution in [3.63, 3.8) is 0 Å². The van der Waals surface area contributed by atoms with Crippen LogP contribution in [-0.4, -0.2) is 64.9 Å². The summed E-state index contributed by atoms with van der Waals surface area (Å²) in [7, 11) is 0. The first-order chi connectivity index (χ1) is 8.13. The van der Waals surface area contributed by atoms with Gasteiger partial charge in [-0.3, -0.25) is 4.79 Å². The summed E-state index contributed by atoms with van der Waals surface area (Å²) >= 11 is 0. The summed E-state index contributed by atoms with van der Waals surface area (Å²) in [4.78, 5) is 11.1. The van der Waals surface area contributed by atoms with Crippen LogP contribution in [0.5, 0.6) is 0 Å². The van der Waals surface area contributed by atoms with Gasteiger partial charge in [-0.25, -0.2) is 0 Å². The van der Waals surface area contributed by atoms with Gasteiger partial charge in [0.2, 0.25) is 0 Å². The molecule has 5 heteroatoms. The molecule has 0 aliphatic heterocycles. The average molecular weight is 262 g/mol. The molecule has 0 saturated carbocycles. The number of hydrogen-bond donors (Lipinski definition) is 2. The van der Waals surface area contributed by atoms with E-state index in [2.05, 4.69) is 0 Å². The molecular weight excluding hydrogens is 243 g/mol. The van der Waals surface area contributed by atoms with Crippen LogP contribution in [0.2, 0.25) is 0 Å². The van der Waals surface area contributed by atoms with Gasteiger partial charge in [-0.05, 0) is 12.5 Å². The van der Waals surface area contributed by atoms with E-state index in [1.807, 2.05) is 30.3 Å². The van der Waals surface area contributed by atoms with E-state index in [0.29, 0.717) is 0 Å². The molecular formula is C13H19NaO4. The molecule has 1 rings (SSSR count). The summed E-state index contributed by atoms with van der Waals surface area (Å²) in [6.07, 6.45) is -1.01. The van der Waals surface area contributed by atoms with Gasteiger partial charge in [0.1, 0.15) is 11.9 Å². The van der Waals surface area contributed by atoms with E-state index in [9.17, 15) is 9.90 Å². The molecule has 0 bridgehead atoms. The average Bonchev–Trinajstić information content (AvgIpc) is 2.34. The predicted molar refractivity (Wildman–Crippen MR) is 70.7 cm³/mol. The van der Waals surface area contributed by atoms with Gasteiger partial charge in [-0.15, -0.1) is 0 Å². The normalized spacial score (nSPS) is 13.5. The number of carbonyl (C=O) groups is 1. The van der Waals surface area contributed by atoms with E-state index >= 15 is 0 Å². The predicted octanol–water partition coefficient (Wildman–Crippen LogP) is 0.428. The van der Waals surface area contributed by atoms with E-state index in [1.54, 1.807) is 0 Å². The number of aliphatic hydroxyl groups excluding tert-OH is 2. The van der Waals surface area contributed by atoms with E-state index in [0.717, 1.165) is 5.56 Å². The second-order valence-corrected chi connectivity index (χ2v) is 3.98. The van der Waals surface area contributed by atoms with Crippen molar-refractivity contribution in [1.82, 2.24) is 0 Å². The maximum atomic E-state index is 11.1. The van der Waals surface area contributed by atoms with Gasteiger partial charge in [-0.2, -0.15) is 0 Å². The third-order valence-electron chi connectivity index (χ3n) is 2.34. The Morgan fingerprint density at radius 1 is 1.33 bits per heavy atom. The van der Waals surface area contributed by atoms with Crippen LogP contribution in [0.1, 0.15) is 25.0 Å². The van der Waals surface area contributed by atoms with E-state index in [-0.39, 0.29) is 61.1 Å². The molecule has 1 aromatic carbocycles. The van der Waals surface area contributed by atoms with Gasteiger partial charge in [0.25, 0.3) is 0 Å². The Hall–Kier alpha value is -0.230. The van der Waals surface area contributed by atoms with Crippen molar-refractivity contribution in [2.75, 3.05) is 13.2 Å². The molecule has 0 amide bonds. The fourth-order valence-corrected chi connectivity index (χ4v) is 1.48. The second-order valence-electron chi connectivity index (χ2n) is 3.98. The Morgan fingerprint density at radius 3 is 2.44 bits per heavy atom. The third-order valence-corrected chi connectivity index (χ3v) is 2.34. The van der Waals surface area contributed by atoms with E-state index in [1.165, 1.54) is 6.92 Å². The summed E-state index contributed by atoms with van der Waals surface area (Å²) in [6.45, 7) is 1.17. The van der Waals surface area contributed by atoms with Crippen molar-refractivity contribution in [1.29, 1.82) is 0 Å². The SMILES string of the molecule is CC(=O)CC(OCC(O)CO)c1ccccc1.[NaH]. The fourth-order valence-electron chi connectivity index (χ4n) is 1.48. The topological polar surface area (TPSA) is 66.8 Å². The molecule has 0 spiro atoms. The molecule has 0 aliphatic rings. The number of aliphatic hydroxyl groups is 2. The molecule has 0 heterocycles. The fraction of sp³-hybridized carbons (Fsp3) is 0.462. The van der Waals surface area contributed by atoms with Crippen molar-refractivity contribution in [3.05, 3.63) is 35.9 Å². The summed E-state index contributed by atoms with van der Waals surface area (Å²) in [6, 6.07) is 9.37. The van der Waals surface area contributed by atoms with Crippen molar-refractivity contribution >= 4 is 35.3 Å². The standard InChI is InChI=1S/C13H18O4.Na.H/c1-10(15)7-13(17-9-12(16)8-14)11-5-3-2-4-6-11;;/h2-6,12-14,16H,7-9H2,1H3;;. The molecule has 0 aliphatic carbocycles. The number of ketones is 1. The molecule has 96 valence electrons. The summed E-state index contributed by atoms with van der Waals surface area (Å²) < 4.78 is 5.46. The van der Waals surface area contributed by atoms with Gasteiger partial charge in [0, 0.05) is 6.42 Å². The third kappa shape index (κ3) is 6.64. The van der Waals surface area contributed by atoms with Gasteiger partial charge in [0.05, 0.1) is 19.3 Å². The Kier molecular flexibility index (Phi) is 9.54. The van der Waals surface area contributed by atoms with Crippen LogP contribution in [0, 0.1) is 0 Å². The maximum absolute atomic E-state index is 11.1. The van der Waals surface area contributed by atoms with Gasteiger partial charge < -0.3 is 14.9 Å². The van der Waals surface area contributed by atoms with Crippen LogP contribution in [0.15, 0.2) is 30.3 Å². The van der Waals surface area contributed by atoms with Crippen LogP contribution in [0.25, 0.3) is 0 Å². The van der Waals surface area contributed by atoms with E-state index < -0.39 is 6.10 Å². The molecule has 2 atom stereocenters. The van der Waals surface area contributed by atoms with Crippen LogP contribution >= 0.6 is 0 Å². The van der Waals surface area contributed by atoms with Crippen LogP contribution in [0.4, 0.5) is 0 Å². The Labute approximate surface area is 129 Å². The van der Waals surface area contributed by atoms with Gasteiger partial charge >= 0.3 is 29.6 Å². The first-order valence-electron chi connectivity index (χ1n) is 5.58. The Bertz CT molecular complexity index is 342. The van der Waals surface area contributed by atoms with Crippen molar-refractivity contribution in [2.45, 2.75) is 25.6 Å². The first kappa shape index (κ1) is 17.8. The zero-order valence-corrected chi connectivity index (χ0v) is 9.87. The molecule has 0 saturated heterocycles. The second kappa shape index (κ2) is 9.67. The van der Waals surface area contributed by atoms with Gasteiger partial charge in [-0.1, -0.05) is 30.3 Å². The number of rotatable bonds is 7. The molecule has 2 unspecified atom stereocenters. The number of carbonyl (C=O) groups excluding carboxylic acids is 1. The van der Waals surface area contributed by atoms with Crippen molar-refractivity contribution in [3.8, 4) is 0 Å². The number of ether oxygens (including phenoxy) is 1. The van der Waals surface area contributed by atoms with Crippen molar-refractivity contribution < 1.29 is 19.7 Å². The molecule has 0 radical (unpaired) electrons. The molecule has 2 N–H and O–H groups in total. The van der Waals surface area contributed by atoms with Crippen LogP contribution < -0.4 is 0 Å². The van der Waals surface area contributed by atoms with Crippen LogP contribution in [-0.2, 0) is 9.53 Å². The number of Topliss-reactive ketones (excluding diaryl/α,β-unsaturated/α-hetero) is 1. The minimum atomic E-state index is -0.909. The summed E-state index contributed by atoms with van der Waals surface area (Å²) in [5.41, 5.74) is 0.896. The number of benzene rings is 1. The molecule has 0 fully saturated rings. The molecule has 18 heavy (non-hydrogen) atoms. The van der Waals surface area contributed by atoms with E-state index in [4.69, 9.17) is 9.84 Å². The zero-order chi connectivity index (χ0) is 12.7. The first-order valence-corrected chi connectivity index (χ1v) is 5.58. The quantitative estimate of drug-likeness (QED) is 0.699. The molecule has 0 aromatic heterocycles.